The molecule has 7 nitrogen and oxygen atoms in total. The van der Waals surface area contributed by atoms with E-state index >= 15 is 0 Å². The summed E-state index contributed by atoms with van der Waals surface area (Å²) in [5.74, 6) is 2.08. The number of nitrogens with zero attached hydrogens (tertiary/aromatic N) is 5. The van der Waals surface area contributed by atoms with Crippen LogP contribution in [0.25, 0.3) is 0 Å². The molecule has 0 bridgehead atoms. The fraction of sp³-hybridized carbons (Fsp3) is 0.348. The monoisotopic (exact) mass is 551 g/mol. The molecule has 0 fully saturated rings. The molecular weight excluding hydrogens is 520 g/mol. The van der Waals surface area contributed by atoms with Gasteiger partial charge in [0.05, 0.1) is 13.1 Å². The number of aromatic nitrogens is 3. The van der Waals surface area contributed by atoms with Gasteiger partial charge in [-0.3, -0.25) is 0 Å². The Kier molecular flexibility index (Phi) is 10.4. The number of hydrogen-bond donors (Lipinski definition) is 2. The van der Waals surface area contributed by atoms with Gasteiger partial charge in [-0.05, 0) is 43.2 Å². The summed E-state index contributed by atoms with van der Waals surface area (Å²) in [5.41, 5.74) is 2.01. The Balaban J connectivity index is 0.00000363. The van der Waals surface area contributed by atoms with Crippen LogP contribution in [-0.4, -0.2) is 40.9 Å². The lowest BCUT2D eigenvalue weighted by atomic mass is 10.2. The zero-order valence-electron chi connectivity index (χ0n) is 18.8. The minimum atomic E-state index is -0.256. The van der Waals surface area contributed by atoms with Crippen molar-refractivity contribution in [2.75, 3.05) is 25.0 Å². The summed E-state index contributed by atoms with van der Waals surface area (Å²) in [6, 6.07) is 16.8. The Morgan fingerprint density at radius 3 is 2.56 bits per heavy atom. The van der Waals surface area contributed by atoms with Gasteiger partial charge in [-0.1, -0.05) is 30.3 Å². The summed E-state index contributed by atoms with van der Waals surface area (Å²) in [6.45, 7) is 4.46. The topological polar surface area (TPSA) is 70.4 Å². The van der Waals surface area contributed by atoms with Crippen molar-refractivity contribution in [2.24, 2.45) is 12.0 Å². The fourth-order valence-electron chi connectivity index (χ4n) is 3.08. The van der Waals surface area contributed by atoms with E-state index in [9.17, 15) is 4.39 Å². The Morgan fingerprint density at radius 1 is 1.09 bits per heavy atom. The van der Waals surface area contributed by atoms with E-state index in [2.05, 4.69) is 49.9 Å². The highest BCUT2D eigenvalue weighted by atomic mass is 127. The molecule has 2 aromatic carbocycles. The summed E-state index contributed by atoms with van der Waals surface area (Å²) in [7, 11) is 4.02. The van der Waals surface area contributed by atoms with Crippen molar-refractivity contribution in [1.82, 2.24) is 25.4 Å². The van der Waals surface area contributed by atoms with Crippen LogP contribution in [0.4, 0.5) is 10.1 Å². The number of hydrogen-bond acceptors (Lipinski definition) is 4. The summed E-state index contributed by atoms with van der Waals surface area (Å²) < 4.78 is 15.4. The number of aliphatic imine (C=N–C) groups is 1. The number of para-hydroxylation sites is 1. The molecule has 0 aliphatic rings. The average molecular weight is 551 g/mol. The van der Waals surface area contributed by atoms with E-state index in [4.69, 9.17) is 0 Å². The first-order valence-electron chi connectivity index (χ1n) is 10.4. The van der Waals surface area contributed by atoms with Crippen LogP contribution < -0.4 is 15.5 Å². The van der Waals surface area contributed by atoms with E-state index in [1.807, 2.05) is 42.8 Å². The molecule has 0 radical (unpaired) electrons. The molecule has 0 saturated heterocycles. The number of benzene rings is 2. The highest BCUT2D eigenvalue weighted by Crippen LogP contribution is 2.10. The number of halogens is 2. The minimum absolute atomic E-state index is 0. The number of rotatable bonds is 9. The standard InChI is InChI=1S/C23H30FN7.HI/c1-18-28-29-22(31(18)3)17-27-23(26-16-19-9-7-10-20(24)15-19)25-13-8-14-30(2)21-11-5-4-6-12-21;/h4-7,9-12,15H,8,13-14,16-17H2,1-3H3,(H2,25,26,27);1H. The summed E-state index contributed by atoms with van der Waals surface area (Å²) in [6.07, 6.45) is 0.940. The Labute approximate surface area is 206 Å². The van der Waals surface area contributed by atoms with Crippen LogP contribution in [0.1, 0.15) is 23.6 Å². The summed E-state index contributed by atoms with van der Waals surface area (Å²) in [5, 5.41) is 14.9. The minimum Gasteiger partial charge on any atom is -0.375 e. The maximum Gasteiger partial charge on any atom is 0.191 e. The van der Waals surface area contributed by atoms with Crippen molar-refractivity contribution in [3.63, 3.8) is 0 Å². The number of anilines is 1. The third-order valence-electron chi connectivity index (χ3n) is 5.07. The van der Waals surface area contributed by atoms with Gasteiger partial charge in [0.1, 0.15) is 11.6 Å². The lowest BCUT2D eigenvalue weighted by molar-refractivity contribution is 0.625. The predicted molar refractivity (Wildman–Crippen MR) is 138 cm³/mol. The van der Waals surface area contributed by atoms with Gasteiger partial charge in [-0.25, -0.2) is 9.38 Å². The molecule has 0 unspecified atom stereocenters. The summed E-state index contributed by atoms with van der Waals surface area (Å²) in [4.78, 5) is 6.84. The zero-order chi connectivity index (χ0) is 22.1. The zero-order valence-corrected chi connectivity index (χ0v) is 21.1. The van der Waals surface area contributed by atoms with Gasteiger partial charge < -0.3 is 20.1 Å². The van der Waals surface area contributed by atoms with Crippen molar-refractivity contribution in [3.8, 4) is 0 Å². The number of nitrogens with one attached hydrogen (secondary N) is 2. The van der Waals surface area contributed by atoms with E-state index < -0.39 is 0 Å². The van der Waals surface area contributed by atoms with Gasteiger partial charge in [0.2, 0.25) is 0 Å². The molecule has 3 rings (SSSR count). The van der Waals surface area contributed by atoms with Crippen LogP contribution in [0.3, 0.4) is 0 Å². The first-order chi connectivity index (χ1) is 15.0. The second-order valence-electron chi connectivity index (χ2n) is 7.41. The average Bonchev–Trinajstić information content (AvgIpc) is 3.10. The largest absolute Gasteiger partial charge is 0.375 e. The number of aryl methyl sites for hydroxylation is 1. The van der Waals surface area contributed by atoms with E-state index in [0.29, 0.717) is 19.0 Å². The first kappa shape index (κ1) is 25.6. The van der Waals surface area contributed by atoms with Crippen LogP contribution in [-0.2, 0) is 20.1 Å². The van der Waals surface area contributed by atoms with Gasteiger partial charge in [0, 0.05) is 32.9 Å². The molecule has 172 valence electrons. The van der Waals surface area contributed by atoms with Crippen molar-refractivity contribution >= 4 is 35.6 Å². The third kappa shape index (κ3) is 7.77. The van der Waals surface area contributed by atoms with E-state index in [1.54, 1.807) is 6.07 Å². The molecule has 0 amide bonds. The second kappa shape index (κ2) is 13.0. The van der Waals surface area contributed by atoms with Gasteiger partial charge in [0.25, 0.3) is 0 Å². The lowest BCUT2D eigenvalue weighted by Gasteiger charge is -2.19. The maximum atomic E-state index is 13.5. The molecule has 3 aromatic rings. The second-order valence-corrected chi connectivity index (χ2v) is 7.41. The van der Waals surface area contributed by atoms with Crippen LogP contribution in [0, 0.1) is 12.7 Å². The van der Waals surface area contributed by atoms with Crippen LogP contribution in [0.15, 0.2) is 59.6 Å². The molecule has 0 saturated carbocycles. The van der Waals surface area contributed by atoms with Crippen molar-refractivity contribution in [3.05, 3.63) is 77.6 Å². The molecule has 1 heterocycles. The molecule has 0 spiro atoms. The molecule has 2 N–H and O–H groups in total. The van der Waals surface area contributed by atoms with Crippen LogP contribution in [0.5, 0.6) is 0 Å². The van der Waals surface area contributed by atoms with Gasteiger partial charge >= 0.3 is 0 Å². The molecule has 9 heteroatoms. The van der Waals surface area contributed by atoms with E-state index in [-0.39, 0.29) is 29.8 Å². The van der Waals surface area contributed by atoms with Crippen molar-refractivity contribution in [2.45, 2.75) is 26.4 Å². The lowest BCUT2D eigenvalue weighted by Crippen LogP contribution is -2.39. The van der Waals surface area contributed by atoms with Crippen LogP contribution >= 0.6 is 24.0 Å². The maximum absolute atomic E-state index is 13.5. The van der Waals surface area contributed by atoms with Gasteiger partial charge in [-0.15, -0.1) is 34.2 Å². The highest BCUT2D eigenvalue weighted by Gasteiger charge is 2.07. The van der Waals surface area contributed by atoms with E-state index in [0.717, 1.165) is 36.7 Å². The smallest absolute Gasteiger partial charge is 0.191 e. The number of guanidine groups is 1. The Bertz CT molecular complexity index is 991. The van der Waals surface area contributed by atoms with Gasteiger partial charge in [-0.2, -0.15) is 0 Å². The third-order valence-corrected chi connectivity index (χ3v) is 5.07. The molecule has 1 aromatic heterocycles. The highest BCUT2D eigenvalue weighted by molar-refractivity contribution is 14.0. The Morgan fingerprint density at radius 2 is 1.88 bits per heavy atom. The first-order valence-corrected chi connectivity index (χ1v) is 10.4. The quantitative estimate of drug-likeness (QED) is 0.184. The van der Waals surface area contributed by atoms with Gasteiger partial charge in [0.15, 0.2) is 11.8 Å². The summed E-state index contributed by atoms with van der Waals surface area (Å²) >= 11 is 0. The Hall–Kier alpha value is -2.69. The molecule has 0 aliphatic carbocycles. The molecular formula is C23H31FIN7. The predicted octanol–water partition coefficient (Wildman–Crippen LogP) is 3.64. The van der Waals surface area contributed by atoms with E-state index in [1.165, 1.54) is 17.8 Å². The van der Waals surface area contributed by atoms with Crippen LogP contribution in [0.2, 0.25) is 0 Å². The molecule has 0 atom stereocenters. The SMILES string of the molecule is Cc1nnc(CNC(=NCc2cccc(F)c2)NCCCN(C)c2ccccc2)n1C.I. The fourth-order valence-corrected chi connectivity index (χ4v) is 3.08. The normalized spacial score (nSPS) is 11.1. The van der Waals surface area contributed by atoms with Crippen molar-refractivity contribution < 1.29 is 4.39 Å². The van der Waals surface area contributed by atoms with Crippen molar-refractivity contribution in [1.29, 1.82) is 0 Å². The molecule has 0 aliphatic heterocycles. The molecule has 32 heavy (non-hydrogen) atoms.